The van der Waals surface area contributed by atoms with Crippen LogP contribution in [0, 0.1) is 0 Å². The molecule has 0 radical (unpaired) electrons. The van der Waals surface area contributed by atoms with Gasteiger partial charge in [0, 0.05) is 12.1 Å². The second-order valence-corrected chi connectivity index (χ2v) is 10.6. The van der Waals surface area contributed by atoms with Crippen LogP contribution in [0.4, 0.5) is 0 Å². The van der Waals surface area contributed by atoms with E-state index in [0.29, 0.717) is 0 Å². The number of aliphatic hydroxyl groups is 7. The summed E-state index contributed by atoms with van der Waals surface area (Å²) in [5.74, 6) is -3.36. The fourth-order valence-electron chi connectivity index (χ4n) is 5.20. The third-order valence-electron chi connectivity index (χ3n) is 7.65. The number of carbonyl (C=O) groups is 1. The van der Waals surface area contributed by atoms with Crippen molar-refractivity contribution in [3.63, 3.8) is 0 Å². The Hall–Kier alpha value is -3.33. The number of phenolic OH excluding ortho intramolecular Hbond substituents is 4. The van der Waals surface area contributed by atoms with Crippen molar-refractivity contribution in [2.24, 2.45) is 0 Å². The average molecular weight is 629 g/mol. The quantitative estimate of drug-likeness (QED) is 0.135. The number of hydrogen-bond donors (Lipinski definition) is 11. The summed E-state index contributed by atoms with van der Waals surface area (Å²) in [5, 5.41) is 111. The van der Waals surface area contributed by atoms with Gasteiger partial charge in [-0.3, -0.25) is 4.79 Å². The maximum atomic E-state index is 13.6. The van der Waals surface area contributed by atoms with E-state index in [9.17, 15) is 61.0 Å². The molecule has 0 aromatic heterocycles. The van der Waals surface area contributed by atoms with E-state index >= 15 is 0 Å². The van der Waals surface area contributed by atoms with Crippen molar-refractivity contribution < 1.29 is 84.7 Å². The molecule has 17 heteroatoms. The maximum Gasteiger partial charge on any atom is 0.203 e. The monoisotopic (exact) mass is 628 g/mol. The van der Waals surface area contributed by atoms with E-state index in [1.807, 2.05) is 0 Å². The van der Waals surface area contributed by atoms with Crippen molar-refractivity contribution in [1.82, 2.24) is 0 Å². The Kier molecular flexibility index (Phi) is 9.17. The lowest BCUT2D eigenvalue weighted by Gasteiger charge is -2.44. The summed E-state index contributed by atoms with van der Waals surface area (Å²) in [7, 11) is 0. The zero-order valence-corrected chi connectivity index (χ0v) is 22.6. The van der Waals surface area contributed by atoms with Crippen molar-refractivity contribution in [1.29, 1.82) is 0 Å². The molecule has 0 amide bonds. The molecule has 2 saturated heterocycles. The van der Waals surface area contributed by atoms with Crippen molar-refractivity contribution in [3.05, 3.63) is 41.5 Å². The Balaban J connectivity index is 1.39. The van der Waals surface area contributed by atoms with Crippen molar-refractivity contribution >= 4 is 5.78 Å². The van der Waals surface area contributed by atoms with Gasteiger partial charge >= 0.3 is 0 Å². The van der Waals surface area contributed by atoms with Crippen molar-refractivity contribution in [3.8, 4) is 28.7 Å². The number of Topliss-reactive ketones (excluding diaryl/α,β-unsaturated/α-hetero) is 1. The van der Waals surface area contributed by atoms with E-state index in [-0.39, 0.29) is 11.3 Å². The molecular formula is C27H32O17. The number of aromatic hydroxyl groups is 4. The summed E-state index contributed by atoms with van der Waals surface area (Å²) in [6, 6.07) is 5.37. The SMILES string of the molecule is O=C1c2c(O)cc(O)cc2O[C@H](c2ccc(O)c(O)c2)[C@@H]1O[C@@H]1O[C@H](CO[C@@H]2O[C@H](CO)[C@H](O)[C@H](O)[C@H]2O)[C@@H](O)[C@H](O)[C@H]1O. The molecule has 3 aliphatic rings. The van der Waals surface area contributed by atoms with Gasteiger partial charge in [0.2, 0.25) is 5.78 Å². The lowest BCUT2D eigenvalue weighted by Crippen LogP contribution is -2.62. The van der Waals surface area contributed by atoms with Crippen LogP contribution < -0.4 is 4.74 Å². The Bertz CT molecular complexity index is 1350. The number of ketones is 1. The largest absolute Gasteiger partial charge is 0.508 e. The molecule has 0 unspecified atom stereocenters. The van der Waals surface area contributed by atoms with Gasteiger partial charge in [-0.25, -0.2) is 0 Å². The van der Waals surface area contributed by atoms with Gasteiger partial charge in [-0.05, 0) is 17.7 Å². The highest BCUT2D eigenvalue weighted by Gasteiger charge is 2.50. The molecule has 44 heavy (non-hydrogen) atoms. The van der Waals surface area contributed by atoms with Crippen LogP contribution in [0.25, 0.3) is 0 Å². The third kappa shape index (κ3) is 5.87. The number of hydrogen-bond acceptors (Lipinski definition) is 17. The number of phenols is 4. The van der Waals surface area contributed by atoms with Crippen molar-refractivity contribution in [2.75, 3.05) is 13.2 Å². The zero-order chi connectivity index (χ0) is 32.0. The Morgan fingerprint density at radius 2 is 1.34 bits per heavy atom. The van der Waals surface area contributed by atoms with Crippen LogP contribution in [-0.2, 0) is 18.9 Å². The normalized spacial score (nSPS) is 37.3. The number of benzene rings is 2. The summed E-state index contributed by atoms with van der Waals surface area (Å²) in [6.45, 7) is -1.40. The van der Waals surface area contributed by atoms with E-state index in [1.165, 1.54) is 6.07 Å². The molecule has 5 rings (SSSR count). The average Bonchev–Trinajstić information content (AvgIpc) is 2.98. The van der Waals surface area contributed by atoms with E-state index in [0.717, 1.165) is 24.3 Å². The number of carbonyl (C=O) groups excluding carboxylic acids is 1. The van der Waals surface area contributed by atoms with E-state index in [4.69, 9.17) is 23.7 Å². The van der Waals surface area contributed by atoms with Crippen LogP contribution in [0.5, 0.6) is 28.7 Å². The molecule has 0 saturated carbocycles. The first-order valence-corrected chi connectivity index (χ1v) is 13.4. The van der Waals surface area contributed by atoms with E-state index in [2.05, 4.69) is 0 Å². The van der Waals surface area contributed by atoms with E-state index in [1.54, 1.807) is 0 Å². The minimum absolute atomic E-state index is 0.0699. The second kappa shape index (κ2) is 12.6. The first-order valence-electron chi connectivity index (χ1n) is 13.4. The van der Waals surface area contributed by atoms with Crippen LogP contribution in [0.3, 0.4) is 0 Å². The van der Waals surface area contributed by atoms with Crippen LogP contribution >= 0.6 is 0 Å². The minimum Gasteiger partial charge on any atom is -0.508 e. The summed E-state index contributed by atoms with van der Waals surface area (Å²) in [4.78, 5) is 13.6. The standard InChI is InChI=1S/C27H32O17/c28-6-14-17(33)20(36)22(38)26(42-14)40-7-15-18(34)21(37)23(39)27(43-15)44-25-19(35)16-12(32)4-9(29)5-13(16)41-24(25)8-1-2-10(30)11(31)3-8/h1-5,14-15,17-18,20-34,36-39H,6-7H2/t14-,15-,17+,18-,20+,21+,22-,23-,24-,25-,26-,27+/m1/s1. The zero-order valence-electron chi connectivity index (χ0n) is 22.6. The summed E-state index contributed by atoms with van der Waals surface area (Å²) >= 11 is 0. The Labute approximate surface area is 247 Å². The molecule has 11 N–H and O–H groups in total. The minimum atomic E-state index is -1.97. The van der Waals surface area contributed by atoms with Gasteiger partial charge in [-0.2, -0.15) is 0 Å². The fraction of sp³-hybridized carbons (Fsp3) is 0.519. The molecule has 0 aliphatic carbocycles. The second-order valence-electron chi connectivity index (χ2n) is 10.6. The number of aliphatic hydroxyl groups excluding tert-OH is 7. The highest BCUT2D eigenvalue weighted by Crippen LogP contribution is 2.44. The molecule has 2 aromatic carbocycles. The molecule has 3 aliphatic heterocycles. The predicted molar refractivity (Wildman–Crippen MR) is 139 cm³/mol. The molecule has 3 heterocycles. The lowest BCUT2D eigenvalue weighted by molar-refractivity contribution is -0.335. The van der Waals surface area contributed by atoms with Gasteiger partial charge in [0.05, 0.1) is 13.2 Å². The highest BCUT2D eigenvalue weighted by atomic mass is 16.7. The lowest BCUT2D eigenvalue weighted by atomic mass is 9.92. The molecule has 12 atom stereocenters. The number of fused-ring (bicyclic) bond motifs is 1. The summed E-state index contributed by atoms with van der Waals surface area (Å²) in [5.41, 5.74) is -0.332. The molecule has 2 fully saturated rings. The summed E-state index contributed by atoms with van der Waals surface area (Å²) < 4.78 is 27.9. The Morgan fingerprint density at radius 3 is 2.00 bits per heavy atom. The molecule has 2 aromatic rings. The number of ether oxygens (including phenoxy) is 5. The van der Waals surface area contributed by atoms with Gasteiger partial charge < -0.3 is 79.9 Å². The first kappa shape index (κ1) is 32.1. The maximum absolute atomic E-state index is 13.6. The van der Waals surface area contributed by atoms with Crippen LogP contribution in [0.1, 0.15) is 22.0 Å². The van der Waals surface area contributed by atoms with Crippen LogP contribution in [0.2, 0.25) is 0 Å². The van der Waals surface area contributed by atoms with Gasteiger partial charge in [0.1, 0.15) is 71.6 Å². The molecule has 0 bridgehead atoms. The number of rotatable bonds is 7. The topological polar surface area (TPSA) is 286 Å². The van der Waals surface area contributed by atoms with Crippen LogP contribution in [-0.4, -0.2) is 143 Å². The third-order valence-corrected chi connectivity index (χ3v) is 7.65. The van der Waals surface area contributed by atoms with Crippen molar-refractivity contribution in [2.45, 2.75) is 73.6 Å². The molecule has 0 spiro atoms. The smallest absolute Gasteiger partial charge is 0.203 e. The van der Waals surface area contributed by atoms with Gasteiger partial charge in [-0.15, -0.1) is 0 Å². The van der Waals surface area contributed by atoms with Gasteiger partial charge in [0.25, 0.3) is 0 Å². The van der Waals surface area contributed by atoms with E-state index < -0.39 is 121 Å². The van der Waals surface area contributed by atoms with Crippen LogP contribution in [0.15, 0.2) is 30.3 Å². The first-order chi connectivity index (χ1) is 20.8. The summed E-state index contributed by atoms with van der Waals surface area (Å²) in [6.07, 6.45) is -20.4. The fourth-order valence-corrected chi connectivity index (χ4v) is 5.20. The Morgan fingerprint density at radius 1 is 0.705 bits per heavy atom. The highest BCUT2D eigenvalue weighted by molar-refractivity contribution is 6.05. The van der Waals surface area contributed by atoms with Gasteiger partial charge in [-0.1, -0.05) is 6.07 Å². The molecule has 17 nitrogen and oxygen atoms in total. The van der Waals surface area contributed by atoms with Gasteiger partial charge in [0.15, 0.2) is 36.3 Å². The molecule has 242 valence electrons. The molecular weight excluding hydrogens is 596 g/mol. The predicted octanol–water partition coefficient (Wildman–Crippen LogP) is -3.17.